The van der Waals surface area contributed by atoms with Crippen molar-refractivity contribution < 1.29 is 38.5 Å². The number of amides is 3. The number of ether oxygens (including phenoxy) is 3. The van der Waals surface area contributed by atoms with Crippen molar-refractivity contribution in [2.75, 3.05) is 19.0 Å². The first-order valence-electron chi connectivity index (χ1n) is 19.4. The van der Waals surface area contributed by atoms with Crippen LogP contribution in [0.3, 0.4) is 0 Å². The van der Waals surface area contributed by atoms with E-state index in [9.17, 15) is 24.3 Å². The number of allylic oxidation sites excluding steroid dienone is 1. The molecule has 7 rings (SSSR count). The van der Waals surface area contributed by atoms with Crippen LogP contribution in [0.1, 0.15) is 84.5 Å². The lowest BCUT2D eigenvalue weighted by molar-refractivity contribution is -0.145. The van der Waals surface area contributed by atoms with Crippen molar-refractivity contribution in [1.29, 1.82) is 0 Å². The molecule has 2 saturated carbocycles. The molecule has 1 saturated heterocycles. The van der Waals surface area contributed by atoms with Crippen LogP contribution >= 0.6 is 11.3 Å². The summed E-state index contributed by atoms with van der Waals surface area (Å²) in [5.74, 6) is -1.37. The molecule has 5 atom stereocenters. The van der Waals surface area contributed by atoms with E-state index >= 15 is 0 Å². The highest BCUT2D eigenvalue weighted by Crippen LogP contribution is 2.45. The third-order valence-electron chi connectivity index (χ3n) is 10.9. The van der Waals surface area contributed by atoms with Crippen LogP contribution in [0.5, 0.6) is 11.5 Å². The third-order valence-corrected chi connectivity index (χ3v) is 11.7. The lowest BCUT2D eigenvalue weighted by atomic mass is 10.0. The van der Waals surface area contributed by atoms with Crippen LogP contribution in [0.2, 0.25) is 0 Å². The van der Waals surface area contributed by atoms with Crippen molar-refractivity contribution >= 4 is 51.2 Å². The van der Waals surface area contributed by atoms with E-state index in [2.05, 4.69) is 16.0 Å². The number of aromatic nitrogens is 2. The average molecular weight is 775 g/mol. The number of rotatable bonds is 9. The summed E-state index contributed by atoms with van der Waals surface area (Å²) in [7, 11) is 1.58. The molecule has 2 aliphatic heterocycles. The molecule has 0 bridgehead atoms. The molecule has 4 N–H and O–H groups in total. The van der Waals surface area contributed by atoms with E-state index in [-0.39, 0.29) is 37.5 Å². The van der Waals surface area contributed by atoms with Crippen LogP contribution in [-0.2, 0) is 19.1 Å². The summed E-state index contributed by atoms with van der Waals surface area (Å²) in [6.07, 6.45) is 9.71. The fourth-order valence-electron chi connectivity index (χ4n) is 7.90. The van der Waals surface area contributed by atoms with Gasteiger partial charge in [0.1, 0.15) is 47.0 Å². The van der Waals surface area contributed by atoms with Gasteiger partial charge in [-0.2, -0.15) is 0 Å². The van der Waals surface area contributed by atoms with Gasteiger partial charge in [-0.15, -0.1) is 11.3 Å². The number of aliphatic carboxylic acids is 1. The second kappa shape index (κ2) is 16.4. The van der Waals surface area contributed by atoms with Gasteiger partial charge in [-0.05, 0) is 77.3 Å². The van der Waals surface area contributed by atoms with Crippen molar-refractivity contribution in [3.8, 4) is 22.9 Å². The van der Waals surface area contributed by atoms with Crippen molar-refractivity contribution in [3.63, 3.8) is 0 Å². The third kappa shape index (κ3) is 8.66. The maximum atomic E-state index is 14.5. The molecular weight excluding hydrogens is 725 g/mol. The molecule has 3 amide bonds. The second-order valence-electron chi connectivity index (χ2n) is 15.4. The summed E-state index contributed by atoms with van der Waals surface area (Å²) < 4.78 is 17.9. The smallest absolute Gasteiger partial charge is 0.408 e. The summed E-state index contributed by atoms with van der Waals surface area (Å²) in [6.45, 7) is 4.11. The van der Waals surface area contributed by atoms with Gasteiger partial charge in [-0.3, -0.25) is 9.59 Å². The van der Waals surface area contributed by atoms with Gasteiger partial charge >= 0.3 is 12.1 Å². The number of alkyl carbamates (subject to hydrolysis) is 1. The number of hydrogen-bond acceptors (Lipinski definition) is 11. The topological polar surface area (TPSA) is 181 Å². The Morgan fingerprint density at radius 1 is 1.04 bits per heavy atom. The standard InChI is InChI=1S/C40H50N6O8S/c1-23(2)41-38-43-32(22-55-38)31-19-34(28-16-15-26(52-3)17-30(28)42-31)53-27-18-33-35(47)45-40(37(49)50)20-24(40)11-7-5-4-6-8-14-29(36(48)46(33)21-27)44-39(51)54-25-12-9-10-13-25/h7,11,15-17,19,22-25,27,29,33H,4-6,8-10,12-14,18,20-21H2,1-3H3,(H,41,43)(H,44,51)(H,45,47)(H,49,50)/b11-7+/t24?,27-,29+,33+,40-/m1/s1. The molecule has 0 spiro atoms. The Morgan fingerprint density at radius 2 is 1.84 bits per heavy atom. The van der Waals surface area contributed by atoms with Gasteiger partial charge in [0.2, 0.25) is 11.8 Å². The maximum absolute atomic E-state index is 14.5. The number of carbonyl (C=O) groups is 4. The Hall–Kier alpha value is -4.92. The molecule has 294 valence electrons. The highest BCUT2D eigenvalue weighted by molar-refractivity contribution is 7.14. The van der Waals surface area contributed by atoms with E-state index in [0.717, 1.165) is 50.1 Å². The lowest BCUT2D eigenvalue weighted by Crippen LogP contribution is -2.56. The number of benzene rings is 1. The predicted octanol–water partition coefficient (Wildman–Crippen LogP) is 6.05. The highest BCUT2D eigenvalue weighted by atomic mass is 32.1. The monoisotopic (exact) mass is 774 g/mol. The number of pyridine rings is 1. The molecule has 3 fully saturated rings. The highest BCUT2D eigenvalue weighted by Gasteiger charge is 2.61. The van der Waals surface area contributed by atoms with Crippen molar-refractivity contribution in [3.05, 3.63) is 41.8 Å². The van der Waals surface area contributed by atoms with Gasteiger partial charge in [0, 0.05) is 41.3 Å². The molecule has 14 nitrogen and oxygen atoms in total. The fraction of sp³-hybridized carbons (Fsp3) is 0.550. The Morgan fingerprint density at radius 3 is 2.60 bits per heavy atom. The van der Waals surface area contributed by atoms with E-state index in [4.69, 9.17) is 24.2 Å². The number of thiazole rings is 1. The van der Waals surface area contributed by atoms with Crippen molar-refractivity contribution in [2.45, 2.75) is 120 Å². The normalized spacial score (nSPS) is 26.7. The van der Waals surface area contributed by atoms with Crippen LogP contribution in [0, 0.1) is 5.92 Å². The van der Waals surface area contributed by atoms with Crippen LogP contribution in [0.15, 0.2) is 41.8 Å². The van der Waals surface area contributed by atoms with Crippen LogP contribution in [0.25, 0.3) is 22.3 Å². The van der Waals surface area contributed by atoms with Crippen molar-refractivity contribution in [1.82, 2.24) is 25.5 Å². The number of hydrogen-bond donors (Lipinski definition) is 4. The summed E-state index contributed by atoms with van der Waals surface area (Å²) in [5, 5.41) is 22.6. The van der Waals surface area contributed by atoms with Gasteiger partial charge in [-0.25, -0.2) is 19.6 Å². The molecule has 4 aliphatic rings. The van der Waals surface area contributed by atoms with E-state index < -0.39 is 47.6 Å². The first kappa shape index (κ1) is 38.4. The molecule has 2 aliphatic carbocycles. The molecule has 0 radical (unpaired) electrons. The number of fused-ring (bicyclic) bond motifs is 3. The van der Waals surface area contributed by atoms with Gasteiger partial charge < -0.3 is 40.2 Å². The minimum Gasteiger partial charge on any atom is -0.497 e. The van der Waals surface area contributed by atoms with Gasteiger partial charge in [0.25, 0.3) is 0 Å². The zero-order chi connectivity index (χ0) is 38.7. The van der Waals surface area contributed by atoms with E-state index in [1.54, 1.807) is 7.11 Å². The van der Waals surface area contributed by atoms with Crippen molar-refractivity contribution in [2.24, 2.45) is 5.92 Å². The zero-order valence-electron chi connectivity index (χ0n) is 31.5. The number of carboxylic acids is 1. The molecule has 2 aromatic heterocycles. The van der Waals surface area contributed by atoms with E-state index in [1.165, 1.54) is 16.2 Å². The van der Waals surface area contributed by atoms with Gasteiger partial charge in [-0.1, -0.05) is 25.0 Å². The van der Waals surface area contributed by atoms with Crippen LogP contribution < -0.4 is 25.4 Å². The van der Waals surface area contributed by atoms with E-state index in [1.807, 2.05) is 55.6 Å². The Kier molecular flexibility index (Phi) is 11.5. The van der Waals surface area contributed by atoms with Crippen LogP contribution in [0.4, 0.5) is 9.93 Å². The predicted molar refractivity (Wildman–Crippen MR) is 207 cm³/mol. The lowest BCUT2D eigenvalue weighted by Gasteiger charge is -2.29. The summed E-state index contributed by atoms with van der Waals surface area (Å²) >= 11 is 1.47. The molecule has 4 heterocycles. The number of carboxylic acid groups (broad SMARTS) is 1. The summed E-state index contributed by atoms with van der Waals surface area (Å²) in [6, 6.07) is 5.50. The first-order chi connectivity index (χ1) is 26.5. The second-order valence-corrected chi connectivity index (χ2v) is 16.2. The molecular formula is C40H50N6O8S. The van der Waals surface area contributed by atoms with Gasteiger partial charge in [0.05, 0.1) is 24.9 Å². The van der Waals surface area contributed by atoms with Crippen LogP contribution in [-0.4, -0.2) is 93.4 Å². The molecule has 3 aromatic rings. The fourth-order valence-corrected chi connectivity index (χ4v) is 8.75. The average Bonchev–Trinajstić information content (AvgIpc) is 3.58. The number of methoxy groups -OCH3 is 1. The van der Waals surface area contributed by atoms with E-state index in [0.29, 0.717) is 46.6 Å². The number of anilines is 1. The zero-order valence-corrected chi connectivity index (χ0v) is 32.4. The summed E-state index contributed by atoms with van der Waals surface area (Å²) in [5.41, 5.74) is 0.394. The number of nitrogens with zero attached hydrogens (tertiary/aromatic N) is 3. The summed E-state index contributed by atoms with van der Waals surface area (Å²) in [4.78, 5) is 65.5. The minimum atomic E-state index is -1.45. The van der Waals surface area contributed by atoms with Gasteiger partial charge in [0.15, 0.2) is 5.13 Å². The largest absolute Gasteiger partial charge is 0.497 e. The number of carbonyl (C=O) groups excluding carboxylic acids is 3. The Bertz CT molecular complexity index is 1940. The Balaban J connectivity index is 1.20. The number of nitrogens with one attached hydrogen (secondary N) is 3. The quantitative estimate of drug-likeness (QED) is 0.186. The molecule has 1 unspecified atom stereocenters. The minimum absolute atomic E-state index is 0.0324. The molecule has 55 heavy (non-hydrogen) atoms. The first-order valence-corrected chi connectivity index (χ1v) is 20.3. The SMILES string of the molecule is COc1ccc2c(O[C@@H]3C[C@H]4C(=O)N[C@]5(C(=O)O)CC5/C=C/CCCCC[C@H](NC(=O)OC5CCCC5)C(=O)N4C3)cc(-c3csc(NC(C)C)n3)nc2c1. The molecule has 15 heteroatoms. The molecule has 1 aromatic carbocycles. The Labute approximate surface area is 324 Å². The maximum Gasteiger partial charge on any atom is 0.408 e.